The molecular formula is C31H21OS3+. The largest absolute Gasteiger partial charge is 0.289 e. The smallest absolute Gasteiger partial charge is 0.195 e. The van der Waals surface area contributed by atoms with Gasteiger partial charge >= 0.3 is 0 Å². The van der Waals surface area contributed by atoms with Crippen molar-refractivity contribution in [1.82, 2.24) is 0 Å². The molecule has 0 amide bonds. The molecular weight excluding hydrogens is 485 g/mol. The van der Waals surface area contributed by atoms with Gasteiger partial charge < -0.3 is 0 Å². The predicted molar refractivity (Wildman–Crippen MR) is 151 cm³/mol. The highest BCUT2D eigenvalue weighted by Gasteiger charge is 2.28. The predicted octanol–water partition coefficient (Wildman–Crippen LogP) is 8.66. The van der Waals surface area contributed by atoms with Crippen molar-refractivity contribution in [3.8, 4) is 0 Å². The molecule has 0 saturated heterocycles. The van der Waals surface area contributed by atoms with E-state index in [-0.39, 0.29) is 16.3 Å². The van der Waals surface area contributed by atoms with Gasteiger partial charge in [-0.2, -0.15) is 0 Å². The molecule has 0 aliphatic carbocycles. The Morgan fingerprint density at radius 3 is 1.74 bits per heavy atom. The molecule has 0 aliphatic heterocycles. The molecule has 0 fully saturated rings. The van der Waals surface area contributed by atoms with E-state index in [1.165, 1.54) is 14.7 Å². The summed E-state index contributed by atoms with van der Waals surface area (Å²) in [6, 6.07) is 44.3. The topological polar surface area (TPSA) is 17.1 Å². The van der Waals surface area contributed by atoms with Crippen LogP contribution in [0, 0.1) is 0 Å². The van der Waals surface area contributed by atoms with Crippen molar-refractivity contribution in [2.45, 2.75) is 24.5 Å². The van der Waals surface area contributed by atoms with Crippen LogP contribution in [0.3, 0.4) is 0 Å². The van der Waals surface area contributed by atoms with Crippen molar-refractivity contribution in [2.24, 2.45) is 0 Å². The van der Waals surface area contributed by atoms with Crippen molar-refractivity contribution < 1.29 is 0 Å². The minimum Gasteiger partial charge on any atom is -0.289 e. The normalized spacial score (nSPS) is 11.3. The molecule has 6 aromatic rings. The van der Waals surface area contributed by atoms with Crippen LogP contribution >= 0.6 is 23.1 Å². The average Bonchev–Trinajstić information content (AvgIpc) is 2.92. The molecule has 35 heavy (non-hydrogen) atoms. The third kappa shape index (κ3) is 4.53. The lowest BCUT2D eigenvalue weighted by atomic mass is 10.2. The molecule has 0 N–H and O–H groups in total. The molecule has 4 heteroatoms. The summed E-state index contributed by atoms with van der Waals surface area (Å²) in [4.78, 5) is 19.2. The second-order valence-corrected chi connectivity index (χ2v) is 12.3. The van der Waals surface area contributed by atoms with Gasteiger partial charge in [-0.05, 0) is 78.9 Å². The first kappa shape index (κ1) is 22.2. The Morgan fingerprint density at radius 1 is 0.514 bits per heavy atom. The number of hydrogen-bond donors (Lipinski definition) is 0. The van der Waals surface area contributed by atoms with E-state index < -0.39 is 0 Å². The summed E-state index contributed by atoms with van der Waals surface area (Å²) in [6.07, 6.45) is 0. The summed E-state index contributed by atoms with van der Waals surface area (Å²) < 4.78 is 2.07. The Morgan fingerprint density at radius 2 is 1.06 bits per heavy atom. The van der Waals surface area contributed by atoms with Gasteiger partial charge in [-0.1, -0.05) is 60.3 Å². The quantitative estimate of drug-likeness (QED) is 0.172. The number of rotatable bonds is 5. The lowest BCUT2D eigenvalue weighted by Gasteiger charge is -2.09. The molecule has 0 atom stereocenters. The van der Waals surface area contributed by atoms with Gasteiger partial charge in [0, 0.05) is 30.0 Å². The minimum atomic E-state index is -0.154. The van der Waals surface area contributed by atoms with Crippen LogP contribution < -0.4 is 5.43 Å². The van der Waals surface area contributed by atoms with Gasteiger partial charge in [-0.25, -0.2) is 0 Å². The Labute approximate surface area is 215 Å². The molecule has 0 saturated carbocycles. The highest BCUT2D eigenvalue weighted by Crippen LogP contribution is 2.35. The number of fused-ring (bicyclic) bond motifs is 2. The SMILES string of the molecule is O=c1c2ccccc2sc2ccc(Sc3ccc([S+](c4ccccc4)c4ccccc4)cc3)cc12. The standard InChI is InChI=1S/C31H21OS3/c32-31-27-13-7-8-14-29(27)34-30-20-17-23(21-28(30)31)33-22-15-18-26(19-16-22)35(24-9-3-1-4-10-24)25-11-5-2-6-12-25/h1-21H/q+1. The maximum Gasteiger partial charge on any atom is 0.195 e. The van der Waals surface area contributed by atoms with Crippen LogP contribution in [0.5, 0.6) is 0 Å². The Kier molecular flexibility index (Phi) is 6.17. The van der Waals surface area contributed by atoms with E-state index in [0.29, 0.717) is 0 Å². The van der Waals surface area contributed by atoms with Crippen molar-refractivity contribution in [1.29, 1.82) is 0 Å². The highest BCUT2D eigenvalue weighted by molar-refractivity contribution is 7.99. The first-order valence-corrected chi connectivity index (χ1v) is 14.2. The summed E-state index contributed by atoms with van der Waals surface area (Å²) in [5.74, 6) is 0. The average molecular weight is 506 g/mol. The van der Waals surface area contributed by atoms with Gasteiger partial charge in [0.15, 0.2) is 20.1 Å². The molecule has 1 aromatic heterocycles. The van der Waals surface area contributed by atoms with E-state index in [2.05, 4.69) is 97.1 Å². The van der Waals surface area contributed by atoms with Gasteiger partial charge in [0.1, 0.15) is 0 Å². The van der Waals surface area contributed by atoms with Crippen molar-refractivity contribution in [3.05, 3.63) is 138 Å². The van der Waals surface area contributed by atoms with Crippen molar-refractivity contribution >= 4 is 54.2 Å². The van der Waals surface area contributed by atoms with Crippen LogP contribution in [-0.2, 0) is 10.9 Å². The van der Waals surface area contributed by atoms with Gasteiger partial charge in [0.2, 0.25) is 0 Å². The fourth-order valence-electron chi connectivity index (χ4n) is 4.15. The Balaban J connectivity index is 1.33. The molecule has 0 bridgehead atoms. The second-order valence-electron chi connectivity index (χ2n) is 8.09. The molecule has 0 spiro atoms. The van der Waals surface area contributed by atoms with Crippen LogP contribution in [0.2, 0.25) is 0 Å². The Bertz CT molecular complexity index is 1640. The number of benzene rings is 5. The van der Waals surface area contributed by atoms with Gasteiger partial charge in [0.25, 0.3) is 0 Å². The van der Waals surface area contributed by atoms with E-state index in [1.807, 2.05) is 30.3 Å². The van der Waals surface area contributed by atoms with Crippen LogP contribution in [0.4, 0.5) is 0 Å². The van der Waals surface area contributed by atoms with Crippen LogP contribution in [-0.4, -0.2) is 0 Å². The number of hydrogen-bond acceptors (Lipinski definition) is 3. The van der Waals surface area contributed by atoms with Gasteiger partial charge in [-0.3, -0.25) is 4.79 Å². The molecule has 6 rings (SSSR count). The van der Waals surface area contributed by atoms with Gasteiger partial charge in [0.05, 0.1) is 10.9 Å². The molecule has 0 aliphatic rings. The first-order chi connectivity index (χ1) is 17.3. The fraction of sp³-hybridized carbons (Fsp3) is 0. The zero-order valence-electron chi connectivity index (χ0n) is 18.8. The van der Waals surface area contributed by atoms with E-state index in [4.69, 9.17) is 0 Å². The van der Waals surface area contributed by atoms with Gasteiger partial charge in [-0.15, -0.1) is 11.3 Å². The lowest BCUT2D eigenvalue weighted by Crippen LogP contribution is -2.04. The monoisotopic (exact) mass is 505 g/mol. The van der Waals surface area contributed by atoms with Crippen LogP contribution in [0.25, 0.3) is 20.2 Å². The molecule has 1 heterocycles. The third-order valence-electron chi connectivity index (χ3n) is 5.80. The Hall–Kier alpha value is -3.31. The van der Waals surface area contributed by atoms with Crippen molar-refractivity contribution in [2.75, 3.05) is 0 Å². The molecule has 0 unspecified atom stereocenters. The zero-order valence-corrected chi connectivity index (χ0v) is 21.2. The summed E-state index contributed by atoms with van der Waals surface area (Å²) in [6.45, 7) is 0. The molecule has 1 nitrogen and oxygen atoms in total. The fourth-order valence-corrected chi connectivity index (χ4v) is 8.14. The third-order valence-corrected chi connectivity index (χ3v) is 10.2. The first-order valence-electron chi connectivity index (χ1n) is 11.3. The summed E-state index contributed by atoms with van der Waals surface area (Å²) in [5.41, 5.74) is 0.113. The van der Waals surface area contributed by atoms with E-state index in [9.17, 15) is 4.79 Å². The van der Waals surface area contributed by atoms with Crippen molar-refractivity contribution in [3.63, 3.8) is 0 Å². The van der Waals surface area contributed by atoms with Crippen LogP contribution in [0.1, 0.15) is 0 Å². The molecule has 5 aromatic carbocycles. The summed E-state index contributed by atoms with van der Waals surface area (Å²) in [5, 5.41) is 1.59. The summed E-state index contributed by atoms with van der Waals surface area (Å²) in [7, 11) is -0.154. The summed E-state index contributed by atoms with van der Waals surface area (Å²) >= 11 is 3.37. The van der Waals surface area contributed by atoms with Crippen LogP contribution in [0.15, 0.2) is 157 Å². The maximum atomic E-state index is 13.1. The molecule has 0 radical (unpaired) electrons. The van der Waals surface area contributed by atoms with E-state index in [1.54, 1.807) is 23.1 Å². The highest BCUT2D eigenvalue weighted by atomic mass is 32.2. The zero-order chi connectivity index (χ0) is 23.6. The maximum absolute atomic E-state index is 13.1. The van der Waals surface area contributed by atoms with E-state index >= 15 is 0 Å². The second kappa shape index (κ2) is 9.74. The van der Waals surface area contributed by atoms with E-state index in [0.717, 1.165) is 30.0 Å². The molecule has 168 valence electrons. The lowest BCUT2D eigenvalue weighted by molar-refractivity contribution is 1.28. The minimum absolute atomic E-state index is 0.113.